The summed E-state index contributed by atoms with van der Waals surface area (Å²) in [5.74, 6) is 2.35. The van der Waals surface area contributed by atoms with Crippen LogP contribution < -0.4 is 10.6 Å². The Hall–Kier alpha value is -1.75. The molecule has 5 heteroatoms. The molecule has 0 aromatic carbocycles. The third-order valence-electron chi connectivity index (χ3n) is 6.01. The van der Waals surface area contributed by atoms with E-state index in [9.17, 15) is 0 Å². The zero-order chi connectivity index (χ0) is 17.3. The van der Waals surface area contributed by atoms with Gasteiger partial charge < -0.3 is 14.0 Å². The number of pyridine rings is 1. The van der Waals surface area contributed by atoms with Gasteiger partial charge in [-0.1, -0.05) is 19.8 Å². The Morgan fingerprint density at radius 2 is 2.04 bits per heavy atom. The summed E-state index contributed by atoms with van der Waals surface area (Å²) in [6.07, 6.45) is 5.10. The summed E-state index contributed by atoms with van der Waals surface area (Å²) in [6, 6.07) is 4.58. The first kappa shape index (κ1) is 15.8. The van der Waals surface area contributed by atoms with Gasteiger partial charge in [-0.05, 0) is 51.8 Å². The Bertz CT molecular complexity index is 914. The van der Waals surface area contributed by atoms with E-state index in [2.05, 4.69) is 74.5 Å². The zero-order valence-electron chi connectivity index (χ0n) is 15.5. The quantitative estimate of drug-likeness (QED) is 0.754. The van der Waals surface area contributed by atoms with Gasteiger partial charge in [0.25, 0.3) is 0 Å². The van der Waals surface area contributed by atoms with Crippen molar-refractivity contribution in [1.82, 2.24) is 14.6 Å². The number of hydrogen-bond acceptors (Lipinski definition) is 4. The Morgan fingerprint density at radius 3 is 2.71 bits per heavy atom. The predicted molar refractivity (Wildman–Crippen MR) is 99.5 cm³/mol. The number of rotatable bonds is 1. The predicted octanol–water partition coefficient (Wildman–Crippen LogP) is 2.22. The molecule has 0 spiro atoms. The summed E-state index contributed by atoms with van der Waals surface area (Å²) in [5, 5.41) is 2.28. The average molecular weight is 323 g/mol. The van der Waals surface area contributed by atoms with Gasteiger partial charge in [-0.2, -0.15) is 0 Å². The van der Waals surface area contributed by atoms with Crippen LogP contribution in [0.2, 0.25) is 0 Å². The average Bonchev–Trinajstić information content (AvgIpc) is 2.90. The first-order valence-corrected chi connectivity index (χ1v) is 8.78. The lowest BCUT2D eigenvalue weighted by Gasteiger charge is -2.42. The maximum atomic E-state index is 5.93. The highest BCUT2D eigenvalue weighted by atomic mass is 16.3. The fraction of sp³-hybridized carbons (Fsp3) is 0.526. The minimum Gasteiger partial charge on any atom is -0.436 e. The van der Waals surface area contributed by atoms with Crippen molar-refractivity contribution in [2.24, 2.45) is 5.41 Å². The molecule has 1 saturated heterocycles. The molecule has 4 rings (SSSR count). The second kappa shape index (κ2) is 4.88. The van der Waals surface area contributed by atoms with Gasteiger partial charge >= 0.3 is 6.98 Å². The molecule has 0 saturated carbocycles. The summed E-state index contributed by atoms with van der Waals surface area (Å²) in [5.41, 5.74) is 2.09. The maximum absolute atomic E-state index is 5.93. The Kier molecular flexibility index (Phi) is 3.21. The summed E-state index contributed by atoms with van der Waals surface area (Å²) in [6.45, 7) is 12.1. The van der Waals surface area contributed by atoms with Crippen molar-refractivity contribution in [3.63, 3.8) is 0 Å². The third kappa shape index (κ3) is 2.14. The molecule has 2 aliphatic heterocycles. The number of aromatic nitrogens is 1. The molecule has 0 N–H and O–H groups in total. The van der Waals surface area contributed by atoms with Crippen LogP contribution in [0.1, 0.15) is 41.0 Å². The lowest BCUT2D eigenvalue weighted by Crippen LogP contribution is -2.59. The molecule has 0 radical (unpaired) electrons. The highest BCUT2D eigenvalue weighted by molar-refractivity contribution is 6.69. The van der Waals surface area contributed by atoms with Crippen LogP contribution in [0, 0.1) is 5.41 Å². The molecule has 1 atom stereocenters. The highest BCUT2D eigenvalue weighted by Crippen LogP contribution is 2.46. The fourth-order valence-corrected chi connectivity index (χ4v) is 4.88. The molecule has 2 aliphatic rings. The van der Waals surface area contributed by atoms with Gasteiger partial charge in [-0.3, -0.25) is 0 Å². The third-order valence-corrected chi connectivity index (χ3v) is 6.01. The normalized spacial score (nSPS) is 25.5. The van der Waals surface area contributed by atoms with Crippen LogP contribution in [0.4, 0.5) is 0 Å². The molecule has 4 heterocycles. The standard InChI is InChI=1S/C19H26BN3O/c1-13-18(2,3)12-19(4,5)23(13)20-10-15-14-8-7-9-21-17(14)24-16(15)11-22(20)6/h7-11,13H,12H2,1-6H3. The van der Waals surface area contributed by atoms with Crippen molar-refractivity contribution in [2.45, 2.75) is 52.6 Å². The second-order valence-corrected chi connectivity index (χ2v) is 8.67. The van der Waals surface area contributed by atoms with Crippen LogP contribution in [-0.2, 0) is 0 Å². The van der Waals surface area contributed by atoms with E-state index < -0.39 is 0 Å². The van der Waals surface area contributed by atoms with Crippen molar-refractivity contribution in [3.8, 4) is 0 Å². The van der Waals surface area contributed by atoms with E-state index in [4.69, 9.17) is 4.42 Å². The van der Waals surface area contributed by atoms with Crippen molar-refractivity contribution in [1.29, 1.82) is 0 Å². The van der Waals surface area contributed by atoms with Gasteiger partial charge in [0.2, 0.25) is 5.71 Å². The second-order valence-electron chi connectivity index (χ2n) is 8.67. The molecule has 4 nitrogen and oxygen atoms in total. The van der Waals surface area contributed by atoms with E-state index in [1.807, 2.05) is 6.07 Å². The van der Waals surface area contributed by atoms with Crippen LogP contribution in [0.3, 0.4) is 0 Å². The Balaban J connectivity index is 1.88. The fourth-order valence-electron chi connectivity index (χ4n) is 4.88. The first-order chi connectivity index (χ1) is 11.2. The van der Waals surface area contributed by atoms with Crippen LogP contribution in [0.5, 0.6) is 0 Å². The van der Waals surface area contributed by atoms with E-state index in [1.165, 1.54) is 11.6 Å². The number of nitrogens with zero attached hydrogens (tertiary/aromatic N) is 3. The lowest BCUT2D eigenvalue weighted by atomic mass is 9.67. The van der Waals surface area contributed by atoms with E-state index in [-0.39, 0.29) is 12.5 Å². The molecule has 0 amide bonds. The molecule has 0 aliphatic carbocycles. The molecule has 24 heavy (non-hydrogen) atoms. The number of furan rings is 1. The molecule has 1 unspecified atom stereocenters. The van der Waals surface area contributed by atoms with Gasteiger partial charge in [0.1, 0.15) is 0 Å². The van der Waals surface area contributed by atoms with Crippen molar-refractivity contribution in [3.05, 3.63) is 29.0 Å². The molecule has 126 valence electrons. The molecule has 1 fully saturated rings. The molecular formula is C19H26BN3O. The Labute approximate surface area is 144 Å². The van der Waals surface area contributed by atoms with Gasteiger partial charge in [0, 0.05) is 34.6 Å². The van der Waals surface area contributed by atoms with Crippen molar-refractivity contribution in [2.75, 3.05) is 7.05 Å². The van der Waals surface area contributed by atoms with Crippen LogP contribution in [0.25, 0.3) is 23.3 Å². The van der Waals surface area contributed by atoms with Gasteiger partial charge in [-0.25, -0.2) is 4.98 Å². The van der Waals surface area contributed by atoms with E-state index in [1.54, 1.807) is 6.20 Å². The molecule has 0 bridgehead atoms. The smallest absolute Gasteiger partial charge is 0.371 e. The first-order valence-electron chi connectivity index (χ1n) is 8.78. The van der Waals surface area contributed by atoms with E-state index in [0.717, 1.165) is 16.5 Å². The summed E-state index contributed by atoms with van der Waals surface area (Å²) in [7, 11) is 2.14. The summed E-state index contributed by atoms with van der Waals surface area (Å²) < 4.78 is 5.93. The van der Waals surface area contributed by atoms with Crippen molar-refractivity contribution < 1.29 is 4.42 Å². The topological polar surface area (TPSA) is 32.5 Å². The SMILES string of the molecule is CC1N(B2C=c3c(oc4ncccc34)=CN2C)C(C)(C)CC1(C)C. The zero-order valence-corrected chi connectivity index (χ0v) is 15.5. The van der Waals surface area contributed by atoms with Crippen LogP contribution >= 0.6 is 0 Å². The lowest BCUT2D eigenvalue weighted by molar-refractivity contribution is 0.226. The molecule has 2 aromatic heterocycles. The highest BCUT2D eigenvalue weighted by Gasteiger charge is 2.52. The monoisotopic (exact) mass is 323 g/mol. The molecular weight excluding hydrogens is 297 g/mol. The minimum absolute atomic E-state index is 0.154. The Morgan fingerprint density at radius 1 is 1.29 bits per heavy atom. The van der Waals surface area contributed by atoms with Crippen molar-refractivity contribution >= 4 is 30.3 Å². The molecule has 2 aromatic rings. The number of fused-ring (bicyclic) bond motifs is 3. The number of hydrogen-bond donors (Lipinski definition) is 0. The van der Waals surface area contributed by atoms with Crippen LogP contribution in [-0.4, -0.2) is 40.2 Å². The van der Waals surface area contributed by atoms with E-state index >= 15 is 0 Å². The van der Waals surface area contributed by atoms with E-state index in [0.29, 0.717) is 11.5 Å². The van der Waals surface area contributed by atoms with Crippen LogP contribution in [0.15, 0.2) is 22.7 Å². The maximum Gasteiger partial charge on any atom is 0.371 e. The largest absolute Gasteiger partial charge is 0.436 e. The van der Waals surface area contributed by atoms with Gasteiger partial charge in [0.05, 0.1) is 0 Å². The minimum atomic E-state index is 0.154. The van der Waals surface area contributed by atoms with Gasteiger partial charge in [-0.15, -0.1) is 0 Å². The summed E-state index contributed by atoms with van der Waals surface area (Å²) in [4.78, 5) is 9.28. The summed E-state index contributed by atoms with van der Waals surface area (Å²) >= 11 is 0. The van der Waals surface area contributed by atoms with Gasteiger partial charge in [0.15, 0.2) is 5.42 Å².